The average molecular weight is 1200 g/mol. The zero-order valence-corrected chi connectivity index (χ0v) is 52.4. The molecule has 2 aromatic rings. The SMILES string of the molecule is CC(=O)O[C@@]12CO[C@@H]1C[C@H](O)[C@@]1(C)C(=O)[C@H](O)C3=C(C)[C@@H](O)C[C@@](O)([C@@H](OC(=O)c4ccccc4)C12)C3(C)C.CC(=O)O[C@@]12CO[C@@H]1C[C@H](O[Si](C)(C)C(C)(C)C)[C@@]1(C)C(=O)[C@H](O)C3=C(C)[C@@H](O)C[C@@](O)([C@@H](OC(=O)c4ccccc4)C12)C3(C)C. The first kappa shape index (κ1) is 64.4. The molecule has 10 rings (SSSR count). The van der Waals surface area contributed by atoms with E-state index in [9.17, 15) is 59.7 Å². The zero-order chi connectivity index (χ0) is 63.1. The summed E-state index contributed by atoms with van der Waals surface area (Å²) in [4.78, 5) is 82.2. The second kappa shape index (κ2) is 21.3. The summed E-state index contributed by atoms with van der Waals surface area (Å²) in [6.07, 6.45) is -13.4. The van der Waals surface area contributed by atoms with E-state index in [0.29, 0.717) is 11.1 Å². The smallest absolute Gasteiger partial charge is 0.338 e. The molecule has 2 aromatic carbocycles. The van der Waals surface area contributed by atoms with Gasteiger partial charge in [-0.1, -0.05) is 84.9 Å². The highest BCUT2D eigenvalue weighted by Gasteiger charge is 2.80. The van der Waals surface area contributed by atoms with Gasteiger partial charge in [0.15, 0.2) is 31.1 Å². The highest BCUT2D eigenvalue weighted by molar-refractivity contribution is 6.74. The lowest BCUT2D eigenvalue weighted by atomic mass is 9.44. The largest absolute Gasteiger partial charge is 0.455 e. The normalized spacial score (nSPS) is 40.6. The predicted octanol–water partition coefficient (Wildman–Crippen LogP) is 5.19. The lowest BCUT2D eigenvalue weighted by Gasteiger charge is -2.68. The maximum atomic E-state index is 15.1. The molecule has 6 aliphatic carbocycles. The zero-order valence-electron chi connectivity index (χ0n) is 51.4. The number of esters is 4. The van der Waals surface area contributed by atoms with Crippen molar-refractivity contribution in [2.75, 3.05) is 13.2 Å². The lowest BCUT2D eigenvalue weighted by molar-refractivity contribution is -0.345. The van der Waals surface area contributed by atoms with Crippen molar-refractivity contribution in [2.24, 2.45) is 33.5 Å². The quantitative estimate of drug-likeness (QED) is 0.0774. The van der Waals surface area contributed by atoms with Crippen molar-refractivity contribution >= 4 is 43.8 Å². The van der Waals surface area contributed by atoms with Crippen LogP contribution in [0.5, 0.6) is 0 Å². The van der Waals surface area contributed by atoms with Crippen LogP contribution in [0.3, 0.4) is 0 Å². The number of aliphatic hydroxyl groups excluding tert-OH is 5. The Balaban J connectivity index is 0.000000206. The van der Waals surface area contributed by atoms with Crippen LogP contribution in [0, 0.1) is 33.5 Å². The molecule has 466 valence electrons. The molecule has 20 nitrogen and oxygen atoms in total. The molecule has 0 aromatic heterocycles. The molecule has 4 bridgehead atoms. The molecule has 0 amide bonds. The first-order chi connectivity index (χ1) is 39.2. The number of Topliss-reactive ketones (excluding diaryl/α,β-unsaturated/α-hetero) is 2. The minimum absolute atomic E-state index is 0.0828. The fourth-order valence-electron chi connectivity index (χ4n) is 16.0. The van der Waals surface area contributed by atoms with Crippen molar-refractivity contribution in [1.29, 1.82) is 0 Å². The third-order valence-electron chi connectivity index (χ3n) is 22.1. The lowest BCUT2D eigenvalue weighted by Crippen LogP contribution is -2.82. The Morgan fingerprint density at radius 3 is 1.31 bits per heavy atom. The predicted molar refractivity (Wildman–Crippen MR) is 306 cm³/mol. The molecule has 21 heteroatoms. The van der Waals surface area contributed by atoms with Gasteiger partial charge in [0, 0.05) is 50.4 Å². The number of carbonyl (C=O) groups excluding carboxylic acids is 6. The Kier molecular flexibility index (Phi) is 16.2. The number of ether oxygens (including phenoxy) is 6. The van der Waals surface area contributed by atoms with Crippen molar-refractivity contribution in [2.45, 2.75) is 217 Å². The molecule has 2 unspecified atom stereocenters. The number of fused-ring (bicyclic) bond motifs is 10. The Morgan fingerprint density at radius 1 is 0.588 bits per heavy atom. The van der Waals surface area contributed by atoms with Gasteiger partial charge >= 0.3 is 23.9 Å². The fourth-order valence-corrected chi connectivity index (χ4v) is 17.4. The molecule has 2 heterocycles. The van der Waals surface area contributed by atoms with Crippen LogP contribution in [0.4, 0.5) is 0 Å². The Hall–Kier alpha value is -5.04. The summed E-state index contributed by atoms with van der Waals surface area (Å²) in [6, 6.07) is 16.4. The fraction of sp³-hybridized carbons (Fsp3) is 0.656. The average Bonchev–Trinajstić information content (AvgIpc) is 0.683. The monoisotopic (exact) mass is 1200 g/mol. The molecular formula is C64H86O20Si. The maximum absolute atomic E-state index is 15.1. The molecule has 8 aliphatic rings. The second-order valence-corrected chi connectivity index (χ2v) is 33.0. The standard InChI is InChI=1S/C35H50O10Si.C29H36O10/c1-19-22(37)17-35(41)29(43-30(40)21-14-12-11-13-15-21)27-33(8,28(39)26(38)25(19)32(35,6)7)23(45-46(9,10)31(3,4)5)16-24-34(27,18-42-24)44-20(2)36;1-14-17(31)12-29(36)24(38-25(35)16-9-7-6-8-10-16)22-27(5,23(34)21(33)20(14)26(29,3)4)18(32)11-19-28(22,13-37-19)39-15(2)30/h11-15,22-24,26-27,29,37-38,41H,16-18H2,1-10H3;6-10,17-19,21-22,24,31-33,36H,11-13H2,1-5H3/t22-,23-,24+,26+,27?,29-,33+,34-,35+;17-,18-,19+,21+,22?,24-,27+,28-,29+/m00/s1. The number of hydrogen-bond donors (Lipinski definition) is 7. The molecule has 7 N–H and O–H groups in total. The van der Waals surface area contributed by atoms with Gasteiger partial charge in [-0.25, -0.2) is 9.59 Å². The van der Waals surface area contributed by atoms with Crippen LogP contribution >= 0.6 is 0 Å². The van der Waals surface area contributed by atoms with Crippen LogP contribution in [0.15, 0.2) is 83.0 Å². The van der Waals surface area contributed by atoms with Crippen LogP contribution in [0.1, 0.15) is 136 Å². The van der Waals surface area contributed by atoms with Gasteiger partial charge in [-0.3, -0.25) is 19.2 Å². The van der Waals surface area contributed by atoms with Crippen molar-refractivity contribution in [3.8, 4) is 0 Å². The first-order valence-corrected chi connectivity index (χ1v) is 32.3. The Morgan fingerprint density at radius 2 is 0.953 bits per heavy atom. The maximum Gasteiger partial charge on any atom is 0.338 e. The molecule has 2 aliphatic heterocycles. The molecule has 0 spiro atoms. The van der Waals surface area contributed by atoms with E-state index in [0.717, 1.165) is 0 Å². The third kappa shape index (κ3) is 9.41. The molecule has 18 atom stereocenters. The van der Waals surface area contributed by atoms with E-state index in [-0.39, 0.29) is 66.2 Å². The van der Waals surface area contributed by atoms with Gasteiger partial charge in [0.25, 0.3) is 0 Å². The van der Waals surface area contributed by atoms with E-state index in [1.54, 1.807) is 97.0 Å². The third-order valence-corrected chi connectivity index (χ3v) is 26.6. The highest BCUT2D eigenvalue weighted by atomic mass is 28.4. The number of hydrogen-bond acceptors (Lipinski definition) is 20. The molecule has 4 saturated carbocycles. The van der Waals surface area contributed by atoms with Crippen LogP contribution in [-0.2, 0) is 52.0 Å². The van der Waals surface area contributed by atoms with Crippen LogP contribution in [-0.4, -0.2) is 176 Å². The number of aliphatic hydroxyl groups is 7. The van der Waals surface area contributed by atoms with Crippen LogP contribution in [0.25, 0.3) is 0 Å². The summed E-state index contributed by atoms with van der Waals surface area (Å²) < 4.78 is 43.3. The van der Waals surface area contributed by atoms with Gasteiger partial charge in [0.05, 0.1) is 71.4 Å². The van der Waals surface area contributed by atoms with E-state index in [4.69, 9.17) is 32.8 Å². The van der Waals surface area contributed by atoms with Crippen molar-refractivity contribution in [3.63, 3.8) is 0 Å². The molecular weight excluding hydrogens is 1120 g/mol. The number of carbonyl (C=O) groups is 6. The summed E-state index contributed by atoms with van der Waals surface area (Å²) >= 11 is 0. The summed E-state index contributed by atoms with van der Waals surface area (Å²) in [7, 11) is -2.61. The van der Waals surface area contributed by atoms with Gasteiger partial charge < -0.3 is 68.6 Å². The Bertz CT molecular complexity index is 3100. The highest BCUT2D eigenvalue weighted by Crippen LogP contribution is 2.67. The van der Waals surface area contributed by atoms with E-state index < -0.39 is 161 Å². The second-order valence-electron chi connectivity index (χ2n) is 28.2. The topological polar surface area (TPSA) is 309 Å². The molecule has 85 heavy (non-hydrogen) atoms. The number of benzene rings is 2. The first-order valence-electron chi connectivity index (χ1n) is 29.4. The minimum Gasteiger partial charge on any atom is -0.455 e. The van der Waals surface area contributed by atoms with E-state index in [2.05, 4.69) is 33.9 Å². The van der Waals surface area contributed by atoms with E-state index >= 15 is 4.79 Å². The van der Waals surface area contributed by atoms with Crippen molar-refractivity contribution in [1.82, 2.24) is 0 Å². The molecule has 6 fully saturated rings. The Labute approximate surface area is 497 Å². The van der Waals surface area contributed by atoms with Crippen LogP contribution in [0.2, 0.25) is 18.1 Å². The van der Waals surface area contributed by atoms with Crippen molar-refractivity contribution in [3.05, 3.63) is 94.1 Å². The van der Waals surface area contributed by atoms with Gasteiger partial charge in [0.2, 0.25) is 0 Å². The summed E-state index contributed by atoms with van der Waals surface area (Å²) in [5, 5.41) is 83.0. The number of rotatable bonds is 8. The van der Waals surface area contributed by atoms with Gasteiger partial charge in [-0.15, -0.1) is 0 Å². The van der Waals surface area contributed by atoms with E-state index in [1.165, 1.54) is 32.9 Å². The van der Waals surface area contributed by atoms with Gasteiger partial charge in [-0.05, 0) is 92.4 Å². The summed E-state index contributed by atoms with van der Waals surface area (Å²) in [5.41, 5.74) is -12.0. The minimum atomic E-state index is -2.61. The van der Waals surface area contributed by atoms with Gasteiger partial charge in [0.1, 0.15) is 47.8 Å². The molecule has 0 radical (unpaired) electrons. The van der Waals surface area contributed by atoms with Gasteiger partial charge in [-0.2, -0.15) is 0 Å². The number of ketones is 2. The van der Waals surface area contributed by atoms with Crippen molar-refractivity contribution < 1.29 is 97.4 Å². The van der Waals surface area contributed by atoms with Crippen LogP contribution < -0.4 is 0 Å². The summed E-state index contributed by atoms with van der Waals surface area (Å²) in [5.74, 6) is -6.83. The molecule has 2 saturated heterocycles. The van der Waals surface area contributed by atoms with E-state index in [1.807, 2.05) is 0 Å². The summed E-state index contributed by atoms with van der Waals surface area (Å²) in [6.45, 7) is 25.5.